The third kappa shape index (κ3) is 5.75. The van der Waals surface area contributed by atoms with Crippen molar-refractivity contribution < 1.29 is 13.2 Å². The third-order valence-corrected chi connectivity index (χ3v) is 4.59. The average molecular weight is 327 g/mol. The maximum atomic E-state index is 12.4. The first-order valence-corrected chi connectivity index (χ1v) is 8.98. The van der Waals surface area contributed by atoms with Gasteiger partial charge in [-0.25, -0.2) is 8.42 Å². The lowest BCUT2D eigenvalue weighted by molar-refractivity contribution is -0.124. The molecule has 0 saturated carbocycles. The molecule has 0 aromatic heterocycles. The number of benzene rings is 1. The number of likely N-dealkylation sites (N-methyl/N-ethyl adjacent to an activating group) is 1. The number of nitrogens with zero attached hydrogens (tertiary/aromatic N) is 2. The van der Waals surface area contributed by atoms with Gasteiger partial charge in [-0.2, -0.15) is 4.31 Å². The zero-order valence-electron chi connectivity index (χ0n) is 13.6. The van der Waals surface area contributed by atoms with Gasteiger partial charge in [-0.3, -0.25) is 4.79 Å². The van der Waals surface area contributed by atoms with E-state index >= 15 is 0 Å². The van der Waals surface area contributed by atoms with Crippen LogP contribution in [0.5, 0.6) is 0 Å². The molecule has 1 N–H and O–H groups in total. The highest BCUT2D eigenvalue weighted by Crippen LogP contribution is 2.21. The predicted molar refractivity (Wildman–Crippen MR) is 88.0 cm³/mol. The zero-order valence-corrected chi connectivity index (χ0v) is 14.4. The van der Waals surface area contributed by atoms with E-state index in [1.807, 2.05) is 25.1 Å². The summed E-state index contributed by atoms with van der Waals surface area (Å²) in [6.45, 7) is 1.37. The Kier molecular flexibility index (Phi) is 6.99. The molecule has 1 aromatic rings. The molecule has 0 heterocycles. The van der Waals surface area contributed by atoms with Gasteiger partial charge in [0.05, 0.1) is 6.26 Å². The standard InChI is InChI=1S/C15H25N3O3S/c1-17(2)12-8-11-16-15(19)14(18(3)22(4,20)21)13-9-6-5-7-10-13/h5-7,9-10,14H,8,11-12H2,1-4H3,(H,16,19). The van der Waals surface area contributed by atoms with Crippen LogP contribution in [0.3, 0.4) is 0 Å². The van der Waals surface area contributed by atoms with Crippen LogP contribution in [0.4, 0.5) is 0 Å². The van der Waals surface area contributed by atoms with E-state index in [0.29, 0.717) is 12.1 Å². The lowest BCUT2D eigenvalue weighted by atomic mass is 10.1. The number of nitrogens with one attached hydrogen (secondary N) is 1. The summed E-state index contributed by atoms with van der Waals surface area (Å²) in [5.41, 5.74) is 0.653. The molecule has 0 radical (unpaired) electrons. The summed E-state index contributed by atoms with van der Waals surface area (Å²) in [5, 5.41) is 2.82. The minimum atomic E-state index is -3.47. The first kappa shape index (κ1) is 18.6. The average Bonchev–Trinajstić information content (AvgIpc) is 2.44. The van der Waals surface area contributed by atoms with E-state index in [1.165, 1.54) is 7.05 Å². The molecular weight excluding hydrogens is 302 g/mol. The monoisotopic (exact) mass is 327 g/mol. The molecule has 1 amide bonds. The molecular formula is C15H25N3O3S. The van der Waals surface area contributed by atoms with Gasteiger partial charge in [-0.1, -0.05) is 30.3 Å². The van der Waals surface area contributed by atoms with Crippen LogP contribution in [0, 0.1) is 0 Å². The maximum Gasteiger partial charge on any atom is 0.242 e. The van der Waals surface area contributed by atoms with E-state index in [9.17, 15) is 13.2 Å². The van der Waals surface area contributed by atoms with Crippen molar-refractivity contribution in [3.8, 4) is 0 Å². The second kappa shape index (κ2) is 8.26. The maximum absolute atomic E-state index is 12.4. The molecule has 0 fully saturated rings. The molecule has 0 aliphatic heterocycles. The van der Waals surface area contributed by atoms with Gasteiger partial charge in [0.2, 0.25) is 15.9 Å². The molecule has 0 spiro atoms. The Bertz CT molecular complexity index is 573. The Hall–Kier alpha value is -1.44. The predicted octanol–water partition coefficient (Wildman–Crippen LogP) is 0.687. The second-order valence-electron chi connectivity index (χ2n) is 5.54. The topological polar surface area (TPSA) is 69.7 Å². The molecule has 1 atom stereocenters. The summed E-state index contributed by atoms with van der Waals surface area (Å²) < 4.78 is 24.7. The lowest BCUT2D eigenvalue weighted by Gasteiger charge is -2.25. The molecule has 124 valence electrons. The number of amides is 1. The summed E-state index contributed by atoms with van der Waals surface area (Å²) in [6.07, 6.45) is 1.91. The fourth-order valence-electron chi connectivity index (χ4n) is 2.06. The van der Waals surface area contributed by atoms with Crippen molar-refractivity contribution in [1.29, 1.82) is 0 Å². The van der Waals surface area contributed by atoms with Crippen LogP contribution < -0.4 is 5.32 Å². The van der Waals surface area contributed by atoms with E-state index in [1.54, 1.807) is 24.3 Å². The smallest absolute Gasteiger partial charge is 0.242 e. The normalized spacial score (nSPS) is 13.4. The van der Waals surface area contributed by atoms with Crippen LogP contribution >= 0.6 is 0 Å². The summed E-state index contributed by atoms with van der Waals surface area (Å²) >= 11 is 0. The summed E-state index contributed by atoms with van der Waals surface area (Å²) in [5.74, 6) is -0.308. The highest BCUT2D eigenvalue weighted by molar-refractivity contribution is 7.88. The van der Waals surface area contributed by atoms with Crippen LogP contribution in [-0.2, 0) is 14.8 Å². The van der Waals surface area contributed by atoms with Crippen molar-refractivity contribution in [2.75, 3.05) is 40.5 Å². The number of hydrogen-bond acceptors (Lipinski definition) is 4. The molecule has 0 saturated heterocycles. The van der Waals surface area contributed by atoms with E-state index in [0.717, 1.165) is 23.5 Å². The van der Waals surface area contributed by atoms with Crippen molar-refractivity contribution in [1.82, 2.24) is 14.5 Å². The van der Waals surface area contributed by atoms with Crippen molar-refractivity contribution in [3.63, 3.8) is 0 Å². The van der Waals surface area contributed by atoms with E-state index in [4.69, 9.17) is 0 Å². The fraction of sp³-hybridized carbons (Fsp3) is 0.533. The minimum Gasteiger partial charge on any atom is -0.354 e. The van der Waals surface area contributed by atoms with Gasteiger partial charge in [0.25, 0.3) is 0 Å². The van der Waals surface area contributed by atoms with Crippen molar-refractivity contribution in [3.05, 3.63) is 35.9 Å². The van der Waals surface area contributed by atoms with Gasteiger partial charge < -0.3 is 10.2 Å². The van der Waals surface area contributed by atoms with Gasteiger partial charge in [0.15, 0.2) is 0 Å². The molecule has 6 nitrogen and oxygen atoms in total. The van der Waals surface area contributed by atoms with Crippen molar-refractivity contribution in [2.45, 2.75) is 12.5 Å². The Morgan fingerprint density at radius 1 is 1.18 bits per heavy atom. The first-order chi connectivity index (χ1) is 10.2. The zero-order chi connectivity index (χ0) is 16.8. The summed E-state index contributed by atoms with van der Waals surface area (Å²) in [7, 11) is 1.88. The quantitative estimate of drug-likeness (QED) is 0.713. The number of rotatable bonds is 8. The van der Waals surface area contributed by atoms with E-state index in [-0.39, 0.29) is 5.91 Å². The van der Waals surface area contributed by atoms with Crippen LogP contribution in [0.25, 0.3) is 0 Å². The minimum absolute atomic E-state index is 0.308. The SMILES string of the molecule is CN(C)CCCNC(=O)C(c1ccccc1)N(C)S(C)(=O)=O. The van der Waals surface area contributed by atoms with Gasteiger partial charge in [-0.05, 0) is 32.6 Å². The van der Waals surface area contributed by atoms with E-state index in [2.05, 4.69) is 5.32 Å². The molecule has 22 heavy (non-hydrogen) atoms. The molecule has 0 aliphatic carbocycles. The van der Waals surface area contributed by atoms with Crippen LogP contribution in [0.15, 0.2) is 30.3 Å². The number of carbonyl (C=O) groups excluding carboxylic acids is 1. The second-order valence-corrected chi connectivity index (χ2v) is 7.58. The molecule has 7 heteroatoms. The lowest BCUT2D eigenvalue weighted by Crippen LogP contribution is -2.41. The number of sulfonamides is 1. The third-order valence-electron chi connectivity index (χ3n) is 3.33. The summed E-state index contributed by atoms with van der Waals surface area (Å²) in [4.78, 5) is 14.5. The highest BCUT2D eigenvalue weighted by Gasteiger charge is 2.30. The molecule has 0 aliphatic rings. The Morgan fingerprint density at radius 2 is 1.77 bits per heavy atom. The molecule has 1 aromatic carbocycles. The Morgan fingerprint density at radius 3 is 2.27 bits per heavy atom. The van der Waals surface area contributed by atoms with Gasteiger partial charge in [0.1, 0.15) is 6.04 Å². The van der Waals surface area contributed by atoms with Gasteiger partial charge in [0, 0.05) is 13.6 Å². The van der Waals surface area contributed by atoms with Crippen LogP contribution in [0.1, 0.15) is 18.0 Å². The number of carbonyl (C=O) groups is 1. The molecule has 1 unspecified atom stereocenters. The largest absolute Gasteiger partial charge is 0.354 e. The van der Waals surface area contributed by atoms with Gasteiger partial charge in [-0.15, -0.1) is 0 Å². The van der Waals surface area contributed by atoms with Crippen LogP contribution in [-0.4, -0.2) is 64.0 Å². The first-order valence-electron chi connectivity index (χ1n) is 7.14. The van der Waals surface area contributed by atoms with Crippen molar-refractivity contribution in [2.24, 2.45) is 0 Å². The Labute approximate surface area is 133 Å². The Balaban J connectivity index is 2.85. The van der Waals surface area contributed by atoms with Crippen molar-refractivity contribution >= 4 is 15.9 Å². The van der Waals surface area contributed by atoms with Crippen LogP contribution in [0.2, 0.25) is 0 Å². The van der Waals surface area contributed by atoms with Gasteiger partial charge >= 0.3 is 0 Å². The summed E-state index contributed by atoms with van der Waals surface area (Å²) in [6, 6.07) is 8.07. The highest BCUT2D eigenvalue weighted by atomic mass is 32.2. The fourth-order valence-corrected chi connectivity index (χ4v) is 2.66. The van der Waals surface area contributed by atoms with E-state index < -0.39 is 16.1 Å². The molecule has 1 rings (SSSR count). The number of hydrogen-bond donors (Lipinski definition) is 1. The molecule has 0 bridgehead atoms.